The molecule has 0 amide bonds. The highest BCUT2D eigenvalue weighted by molar-refractivity contribution is 7.18. The van der Waals surface area contributed by atoms with E-state index in [0.717, 1.165) is 4.88 Å². The summed E-state index contributed by atoms with van der Waals surface area (Å²) in [4.78, 5) is 40.6. The molecule has 0 aromatic carbocycles. The maximum Gasteiger partial charge on any atom is 0.311 e. The Bertz CT molecular complexity index is 790. The molecule has 2 aromatic rings. The second-order valence-electron chi connectivity index (χ2n) is 4.93. The van der Waals surface area contributed by atoms with E-state index in [1.54, 1.807) is 0 Å². The van der Waals surface area contributed by atoms with Gasteiger partial charge in [0.25, 0.3) is 5.56 Å². The SMILES string of the molecule is CC(=O)Cn1cnc2sc3c(c2c1=O)C(C(=O)O)CC3. The maximum absolute atomic E-state index is 12.4. The normalized spacial score (nSPS) is 17.4. The fourth-order valence-electron chi connectivity index (χ4n) is 2.67. The molecule has 3 rings (SSSR count). The van der Waals surface area contributed by atoms with Crippen molar-refractivity contribution in [1.82, 2.24) is 9.55 Å². The van der Waals surface area contributed by atoms with E-state index in [2.05, 4.69) is 4.98 Å². The summed E-state index contributed by atoms with van der Waals surface area (Å²) in [5.41, 5.74) is 0.281. The minimum absolute atomic E-state index is 0.0376. The van der Waals surface area contributed by atoms with Gasteiger partial charge in [0, 0.05) is 4.88 Å². The highest BCUT2D eigenvalue weighted by atomic mass is 32.1. The van der Waals surface area contributed by atoms with Gasteiger partial charge in [-0.1, -0.05) is 0 Å². The van der Waals surface area contributed by atoms with Crippen molar-refractivity contribution in [2.75, 3.05) is 0 Å². The van der Waals surface area contributed by atoms with Crippen LogP contribution in [0, 0.1) is 0 Å². The van der Waals surface area contributed by atoms with Crippen molar-refractivity contribution in [2.24, 2.45) is 0 Å². The molecule has 7 heteroatoms. The summed E-state index contributed by atoms with van der Waals surface area (Å²) >= 11 is 1.38. The summed E-state index contributed by atoms with van der Waals surface area (Å²) in [6.45, 7) is 1.36. The smallest absolute Gasteiger partial charge is 0.311 e. The van der Waals surface area contributed by atoms with E-state index in [1.807, 2.05) is 0 Å². The number of hydrogen-bond donors (Lipinski definition) is 1. The summed E-state index contributed by atoms with van der Waals surface area (Å²) in [5, 5.41) is 9.64. The zero-order valence-corrected chi connectivity index (χ0v) is 11.6. The Morgan fingerprint density at radius 3 is 2.95 bits per heavy atom. The molecule has 104 valence electrons. The molecule has 0 saturated heterocycles. The van der Waals surface area contributed by atoms with E-state index in [0.29, 0.717) is 28.6 Å². The van der Waals surface area contributed by atoms with Gasteiger partial charge in [-0.15, -0.1) is 11.3 Å². The summed E-state index contributed by atoms with van der Waals surface area (Å²) in [6, 6.07) is 0. The van der Waals surface area contributed by atoms with Crippen molar-refractivity contribution >= 4 is 33.3 Å². The van der Waals surface area contributed by atoms with Crippen LogP contribution in [0.1, 0.15) is 29.7 Å². The Hall–Kier alpha value is -2.02. The molecule has 1 atom stereocenters. The van der Waals surface area contributed by atoms with E-state index in [-0.39, 0.29) is 17.9 Å². The fraction of sp³-hybridized carbons (Fsp3) is 0.385. The van der Waals surface area contributed by atoms with Crippen LogP contribution in [0.4, 0.5) is 0 Å². The molecule has 6 nitrogen and oxygen atoms in total. The Morgan fingerprint density at radius 2 is 2.30 bits per heavy atom. The van der Waals surface area contributed by atoms with Crippen LogP contribution < -0.4 is 5.56 Å². The summed E-state index contributed by atoms with van der Waals surface area (Å²) in [5.74, 6) is -1.69. The number of fused-ring (bicyclic) bond motifs is 3. The van der Waals surface area contributed by atoms with Crippen molar-refractivity contribution in [2.45, 2.75) is 32.2 Å². The van der Waals surface area contributed by atoms with Gasteiger partial charge in [0.1, 0.15) is 10.6 Å². The van der Waals surface area contributed by atoms with Crippen LogP contribution >= 0.6 is 11.3 Å². The molecule has 1 unspecified atom stereocenters. The third kappa shape index (κ3) is 1.85. The number of aromatic nitrogens is 2. The van der Waals surface area contributed by atoms with Crippen molar-refractivity contribution in [3.63, 3.8) is 0 Å². The average Bonchev–Trinajstić information content (AvgIpc) is 2.90. The molecule has 1 aliphatic rings. The molecule has 0 saturated carbocycles. The van der Waals surface area contributed by atoms with Crippen LogP contribution in [0.3, 0.4) is 0 Å². The number of hydrogen-bond acceptors (Lipinski definition) is 5. The number of aryl methyl sites for hydroxylation is 1. The van der Waals surface area contributed by atoms with E-state index < -0.39 is 11.9 Å². The molecule has 0 spiro atoms. The van der Waals surface area contributed by atoms with Crippen molar-refractivity contribution < 1.29 is 14.7 Å². The third-order valence-corrected chi connectivity index (χ3v) is 4.67. The molecule has 1 aliphatic carbocycles. The van der Waals surface area contributed by atoms with Gasteiger partial charge < -0.3 is 5.11 Å². The largest absolute Gasteiger partial charge is 0.481 e. The van der Waals surface area contributed by atoms with Crippen molar-refractivity contribution in [3.05, 3.63) is 27.1 Å². The molecular weight excluding hydrogens is 280 g/mol. The van der Waals surface area contributed by atoms with Crippen LogP contribution in [-0.2, 0) is 22.6 Å². The molecule has 2 aromatic heterocycles. The van der Waals surface area contributed by atoms with E-state index in [4.69, 9.17) is 0 Å². The van der Waals surface area contributed by atoms with Crippen LogP contribution in [0.25, 0.3) is 10.2 Å². The van der Waals surface area contributed by atoms with Gasteiger partial charge in [0.15, 0.2) is 0 Å². The lowest BCUT2D eigenvalue weighted by molar-refractivity contribution is -0.138. The standard InChI is InChI=1S/C13H12N2O4S/c1-6(16)4-15-5-14-11-10(12(15)17)9-7(13(18)19)2-3-8(9)20-11/h5,7H,2-4H2,1H3,(H,18,19). The number of thiophene rings is 1. The van der Waals surface area contributed by atoms with Crippen LogP contribution in [0.2, 0.25) is 0 Å². The van der Waals surface area contributed by atoms with Crippen LogP contribution in [0.15, 0.2) is 11.1 Å². The Balaban J connectivity index is 2.26. The first-order chi connectivity index (χ1) is 9.49. The number of nitrogens with zero attached hydrogens (tertiary/aromatic N) is 2. The number of rotatable bonds is 3. The minimum atomic E-state index is -0.912. The maximum atomic E-state index is 12.4. The molecule has 20 heavy (non-hydrogen) atoms. The Kier molecular flexibility index (Phi) is 2.93. The lowest BCUT2D eigenvalue weighted by Crippen LogP contribution is -2.24. The monoisotopic (exact) mass is 292 g/mol. The van der Waals surface area contributed by atoms with Gasteiger partial charge in [0.2, 0.25) is 0 Å². The zero-order chi connectivity index (χ0) is 14.4. The number of carbonyl (C=O) groups is 2. The summed E-state index contributed by atoms with van der Waals surface area (Å²) in [7, 11) is 0. The molecule has 1 N–H and O–H groups in total. The van der Waals surface area contributed by atoms with E-state index >= 15 is 0 Å². The van der Waals surface area contributed by atoms with Crippen LogP contribution in [-0.4, -0.2) is 26.4 Å². The van der Waals surface area contributed by atoms with Gasteiger partial charge in [-0.2, -0.15) is 0 Å². The number of ketones is 1. The van der Waals surface area contributed by atoms with E-state index in [1.165, 1.54) is 29.2 Å². The van der Waals surface area contributed by atoms with E-state index in [9.17, 15) is 19.5 Å². The lowest BCUT2D eigenvalue weighted by Gasteiger charge is -2.06. The van der Waals surface area contributed by atoms with Gasteiger partial charge in [0.05, 0.1) is 24.2 Å². The molecule has 0 radical (unpaired) electrons. The number of Topliss-reactive ketones (excluding diaryl/α,β-unsaturated/α-hetero) is 1. The predicted molar refractivity (Wildman–Crippen MR) is 73.3 cm³/mol. The van der Waals surface area contributed by atoms with Gasteiger partial charge >= 0.3 is 5.97 Å². The molecular formula is C13H12N2O4S. The first-order valence-electron chi connectivity index (χ1n) is 6.22. The molecule has 0 bridgehead atoms. The highest BCUT2D eigenvalue weighted by Crippen LogP contribution is 2.41. The van der Waals surface area contributed by atoms with Crippen LogP contribution in [0.5, 0.6) is 0 Å². The minimum Gasteiger partial charge on any atom is -0.481 e. The predicted octanol–water partition coefficient (Wildman–Crippen LogP) is 1.16. The average molecular weight is 292 g/mol. The fourth-order valence-corrected chi connectivity index (χ4v) is 3.87. The summed E-state index contributed by atoms with van der Waals surface area (Å²) < 4.78 is 1.24. The van der Waals surface area contributed by atoms with Crippen molar-refractivity contribution in [3.8, 4) is 0 Å². The first kappa shape index (κ1) is 13.0. The number of aliphatic carboxylic acids is 1. The topological polar surface area (TPSA) is 89.3 Å². The Morgan fingerprint density at radius 1 is 1.55 bits per heavy atom. The second kappa shape index (κ2) is 4.52. The quantitative estimate of drug-likeness (QED) is 0.917. The third-order valence-electron chi connectivity index (χ3n) is 3.49. The lowest BCUT2D eigenvalue weighted by atomic mass is 10.0. The van der Waals surface area contributed by atoms with Gasteiger partial charge in [-0.05, 0) is 25.3 Å². The van der Waals surface area contributed by atoms with Gasteiger partial charge in [-0.3, -0.25) is 19.0 Å². The molecule has 2 heterocycles. The molecule has 0 aliphatic heterocycles. The highest BCUT2D eigenvalue weighted by Gasteiger charge is 2.34. The van der Waals surface area contributed by atoms with Gasteiger partial charge in [-0.25, -0.2) is 4.98 Å². The molecule has 0 fully saturated rings. The first-order valence-corrected chi connectivity index (χ1v) is 7.03. The zero-order valence-electron chi connectivity index (χ0n) is 10.8. The second-order valence-corrected chi connectivity index (χ2v) is 6.01. The Labute approximate surface area is 117 Å². The number of carboxylic acid groups (broad SMARTS) is 1. The number of carboxylic acids is 1. The summed E-state index contributed by atoms with van der Waals surface area (Å²) in [6.07, 6.45) is 2.54. The van der Waals surface area contributed by atoms with Crippen molar-refractivity contribution in [1.29, 1.82) is 0 Å². The number of carbonyl (C=O) groups excluding carboxylic acids is 1.